The monoisotopic (exact) mass is 432 g/mol. The third-order valence-corrected chi connectivity index (χ3v) is 4.32. The second-order valence-corrected chi connectivity index (χ2v) is 6.58. The topological polar surface area (TPSA) is 80.7 Å². The van der Waals surface area contributed by atoms with Crippen molar-refractivity contribution >= 4 is 11.8 Å². The molecular formula is C22H19F3N2O4. The summed E-state index contributed by atoms with van der Waals surface area (Å²) in [6, 6.07) is 14.5. The number of aromatic nitrogens is 1. The van der Waals surface area contributed by atoms with E-state index >= 15 is 0 Å². The van der Waals surface area contributed by atoms with Crippen LogP contribution in [0.3, 0.4) is 0 Å². The molecule has 0 unspecified atom stereocenters. The van der Waals surface area contributed by atoms with Gasteiger partial charge in [0.1, 0.15) is 17.3 Å². The summed E-state index contributed by atoms with van der Waals surface area (Å²) >= 11 is 0. The average Bonchev–Trinajstić information content (AvgIpc) is 2.71. The number of hydrogen-bond donors (Lipinski definition) is 2. The van der Waals surface area contributed by atoms with Crippen molar-refractivity contribution in [1.29, 1.82) is 0 Å². The number of carboxylic acids is 1. The maximum absolute atomic E-state index is 12.3. The zero-order valence-corrected chi connectivity index (χ0v) is 16.4. The van der Waals surface area contributed by atoms with Crippen LogP contribution >= 0.6 is 0 Å². The van der Waals surface area contributed by atoms with Gasteiger partial charge >= 0.3 is 12.3 Å². The molecule has 6 nitrogen and oxygen atoms in total. The van der Waals surface area contributed by atoms with Crippen molar-refractivity contribution in [3.05, 3.63) is 71.9 Å². The highest BCUT2D eigenvalue weighted by Crippen LogP contribution is 2.28. The molecular weight excluding hydrogens is 413 g/mol. The molecule has 31 heavy (non-hydrogen) atoms. The van der Waals surface area contributed by atoms with Gasteiger partial charge in [-0.15, -0.1) is 13.2 Å². The van der Waals surface area contributed by atoms with E-state index in [4.69, 9.17) is 9.84 Å². The molecule has 0 atom stereocenters. The molecule has 0 bridgehead atoms. The molecule has 3 rings (SSSR count). The molecule has 0 radical (unpaired) electrons. The number of aliphatic carboxylic acids is 1. The average molecular weight is 432 g/mol. The first kappa shape index (κ1) is 21.9. The number of carbonyl (C=O) groups is 1. The van der Waals surface area contributed by atoms with E-state index in [1.54, 1.807) is 36.5 Å². The quantitative estimate of drug-likeness (QED) is 0.527. The molecule has 1 heterocycles. The summed E-state index contributed by atoms with van der Waals surface area (Å²) in [6.07, 6.45) is -3.28. The number of nitrogens with zero attached hydrogens (tertiary/aromatic N) is 1. The number of halogens is 3. The van der Waals surface area contributed by atoms with Crippen molar-refractivity contribution in [2.24, 2.45) is 0 Å². The highest BCUT2D eigenvalue weighted by Gasteiger charge is 2.31. The summed E-state index contributed by atoms with van der Waals surface area (Å²) < 4.78 is 46.2. The van der Waals surface area contributed by atoms with Gasteiger partial charge in [-0.05, 0) is 47.5 Å². The molecule has 0 amide bonds. The lowest BCUT2D eigenvalue weighted by Gasteiger charge is -2.11. The second-order valence-electron chi connectivity index (χ2n) is 6.58. The summed E-state index contributed by atoms with van der Waals surface area (Å²) in [7, 11) is 1.48. The molecule has 0 saturated carbocycles. The predicted molar refractivity (Wildman–Crippen MR) is 108 cm³/mol. The van der Waals surface area contributed by atoms with Crippen molar-refractivity contribution in [3.8, 4) is 22.6 Å². The highest BCUT2D eigenvalue weighted by molar-refractivity contribution is 5.74. The number of alkyl halides is 3. The molecule has 162 valence electrons. The lowest BCUT2D eigenvalue weighted by Crippen LogP contribution is -2.17. The van der Waals surface area contributed by atoms with Crippen LogP contribution in [0.15, 0.2) is 60.8 Å². The fraction of sp³-hybridized carbons (Fsp3) is 0.182. The van der Waals surface area contributed by atoms with Crippen molar-refractivity contribution < 1.29 is 32.5 Å². The molecule has 2 N–H and O–H groups in total. The van der Waals surface area contributed by atoms with Crippen molar-refractivity contribution in [1.82, 2.24) is 4.98 Å². The summed E-state index contributed by atoms with van der Waals surface area (Å²) in [5, 5.41) is 12.1. The molecule has 3 aromatic rings. The molecule has 9 heteroatoms. The Labute approximate surface area is 176 Å². The van der Waals surface area contributed by atoms with Crippen LogP contribution in [0.4, 0.5) is 19.0 Å². The summed E-state index contributed by atoms with van der Waals surface area (Å²) in [6.45, 7) is 0.257. The van der Waals surface area contributed by atoms with Crippen molar-refractivity contribution in [3.63, 3.8) is 0 Å². The number of hydrogen-bond acceptors (Lipinski definition) is 5. The lowest BCUT2D eigenvalue weighted by molar-refractivity contribution is -0.274. The van der Waals surface area contributed by atoms with E-state index in [2.05, 4.69) is 15.0 Å². The van der Waals surface area contributed by atoms with Gasteiger partial charge in [-0.2, -0.15) is 0 Å². The predicted octanol–water partition coefficient (Wildman–Crippen LogP) is 4.90. The molecule has 0 aliphatic rings. The zero-order chi connectivity index (χ0) is 22.4. The van der Waals surface area contributed by atoms with Crippen LogP contribution < -0.4 is 14.8 Å². The Kier molecular flexibility index (Phi) is 6.64. The van der Waals surface area contributed by atoms with Crippen LogP contribution in [0.2, 0.25) is 0 Å². The van der Waals surface area contributed by atoms with Crippen LogP contribution in [0.5, 0.6) is 11.5 Å². The van der Waals surface area contributed by atoms with Gasteiger partial charge in [-0.25, -0.2) is 4.98 Å². The minimum atomic E-state index is -4.74. The SMILES string of the molecule is COc1ccc(-c2ccc(NCc3cccc(OC(F)(F)F)c3)nc2)cc1CC(=O)O. The van der Waals surface area contributed by atoms with Gasteiger partial charge < -0.3 is 19.9 Å². The third-order valence-electron chi connectivity index (χ3n) is 4.32. The minimum Gasteiger partial charge on any atom is -0.496 e. The Morgan fingerprint density at radius 2 is 1.87 bits per heavy atom. The Hall–Kier alpha value is -3.75. The maximum atomic E-state index is 12.3. The van der Waals surface area contributed by atoms with Crippen LogP contribution in [0, 0.1) is 0 Å². The van der Waals surface area contributed by atoms with Gasteiger partial charge in [0, 0.05) is 23.9 Å². The maximum Gasteiger partial charge on any atom is 0.573 e. The number of carboxylic acid groups (broad SMARTS) is 1. The number of pyridine rings is 1. The van der Waals surface area contributed by atoms with Crippen molar-refractivity contribution in [2.75, 3.05) is 12.4 Å². The number of rotatable bonds is 8. The fourth-order valence-electron chi connectivity index (χ4n) is 2.97. The molecule has 0 saturated heterocycles. The van der Waals surface area contributed by atoms with Crippen LogP contribution in [-0.2, 0) is 17.8 Å². The van der Waals surface area contributed by atoms with Crippen LogP contribution in [0.25, 0.3) is 11.1 Å². The van der Waals surface area contributed by atoms with E-state index in [-0.39, 0.29) is 18.7 Å². The summed E-state index contributed by atoms with van der Waals surface area (Å²) in [5.41, 5.74) is 2.71. The van der Waals surface area contributed by atoms with Gasteiger partial charge in [0.05, 0.1) is 13.5 Å². The molecule has 0 fully saturated rings. The molecule has 2 aromatic carbocycles. The molecule has 0 aliphatic carbocycles. The fourth-order valence-corrected chi connectivity index (χ4v) is 2.97. The molecule has 0 spiro atoms. The first-order chi connectivity index (χ1) is 14.7. The standard InChI is InChI=1S/C22H19F3N2O4/c1-30-19-7-5-15(10-17(19)11-21(28)29)16-6-8-20(27-13-16)26-12-14-3-2-4-18(9-14)31-22(23,24)25/h2-10,13H,11-12H2,1H3,(H,26,27)(H,28,29). The normalized spacial score (nSPS) is 11.1. The number of nitrogens with one attached hydrogen (secondary N) is 1. The van der Waals surface area contributed by atoms with E-state index < -0.39 is 12.3 Å². The Balaban J connectivity index is 1.68. The Bertz CT molecular complexity index is 1050. The van der Waals surface area contributed by atoms with Crippen LogP contribution in [0.1, 0.15) is 11.1 Å². The van der Waals surface area contributed by atoms with Gasteiger partial charge in [-0.3, -0.25) is 4.79 Å². The first-order valence-corrected chi connectivity index (χ1v) is 9.17. The Morgan fingerprint density at radius 1 is 1.10 bits per heavy atom. The molecule has 1 aromatic heterocycles. The second kappa shape index (κ2) is 9.38. The number of ether oxygens (including phenoxy) is 2. The number of anilines is 1. The van der Waals surface area contributed by atoms with E-state index in [0.29, 0.717) is 22.7 Å². The van der Waals surface area contributed by atoms with E-state index in [0.717, 1.165) is 11.1 Å². The summed E-state index contributed by atoms with van der Waals surface area (Å²) in [5.74, 6) is -0.219. The highest BCUT2D eigenvalue weighted by atomic mass is 19.4. The molecule has 0 aliphatic heterocycles. The van der Waals surface area contributed by atoms with E-state index in [1.165, 1.54) is 25.3 Å². The van der Waals surface area contributed by atoms with Gasteiger partial charge in [-0.1, -0.05) is 18.2 Å². The Morgan fingerprint density at radius 3 is 2.52 bits per heavy atom. The largest absolute Gasteiger partial charge is 0.573 e. The van der Waals surface area contributed by atoms with Gasteiger partial charge in [0.2, 0.25) is 0 Å². The smallest absolute Gasteiger partial charge is 0.496 e. The van der Waals surface area contributed by atoms with Crippen LogP contribution in [-0.4, -0.2) is 29.5 Å². The van der Waals surface area contributed by atoms with E-state index in [1.807, 2.05) is 6.07 Å². The zero-order valence-electron chi connectivity index (χ0n) is 16.4. The number of methoxy groups -OCH3 is 1. The summed E-state index contributed by atoms with van der Waals surface area (Å²) in [4.78, 5) is 15.4. The van der Waals surface area contributed by atoms with Crippen molar-refractivity contribution in [2.45, 2.75) is 19.3 Å². The number of benzene rings is 2. The van der Waals surface area contributed by atoms with E-state index in [9.17, 15) is 18.0 Å². The first-order valence-electron chi connectivity index (χ1n) is 9.17. The minimum absolute atomic E-state index is 0.165. The lowest BCUT2D eigenvalue weighted by atomic mass is 10.0. The van der Waals surface area contributed by atoms with Gasteiger partial charge in [0.15, 0.2) is 0 Å². The van der Waals surface area contributed by atoms with Gasteiger partial charge in [0.25, 0.3) is 0 Å². The third kappa shape index (κ3) is 6.36.